The van der Waals surface area contributed by atoms with Crippen LogP contribution in [0.15, 0.2) is 36.4 Å². The second kappa shape index (κ2) is 11.7. The molecular weight excluding hydrogens is 464 g/mol. The van der Waals surface area contributed by atoms with Crippen LogP contribution in [0.4, 0.5) is 0 Å². The number of esters is 1. The zero-order valence-corrected chi connectivity index (χ0v) is 21.5. The molecule has 0 aromatic heterocycles. The Balaban J connectivity index is 2.33. The fourth-order valence-electron chi connectivity index (χ4n) is 4.11. The summed E-state index contributed by atoms with van der Waals surface area (Å²) in [6.07, 6.45) is 2.53. The van der Waals surface area contributed by atoms with Crippen LogP contribution in [0.2, 0.25) is 0 Å². The molecule has 1 unspecified atom stereocenters. The molecule has 0 aliphatic heterocycles. The van der Waals surface area contributed by atoms with E-state index in [0.29, 0.717) is 51.3 Å². The lowest BCUT2D eigenvalue weighted by Crippen LogP contribution is -2.18. The zero-order valence-electron chi connectivity index (χ0n) is 21.5. The third-order valence-electron chi connectivity index (χ3n) is 6.11. The number of rotatable bonds is 11. The molecule has 0 radical (unpaired) electrons. The van der Waals surface area contributed by atoms with Crippen LogP contribution >= 0.6 is 0 Å². The normalized spacial score (nSPS) is 11.6. The molecule has 0 spiro atoms. The maximum atomic E-state index is 12.9. The lowest BCUT2D eigenvalue weighted by Gasteiger charge is -2.19. The number of fused-ring (bicyclic) bond motifs is 1. The van der Waals surface area contributed by atoms with Gasteiger partial charge in [-0.3, -0.25) is 4.79 Å². The number of benzene rings is 3. The molecule has 0 aliphatic carbocycles. The minimum atomic E-state index is -1.17. The van der Waals surface area contributed by atoms with Gasteiger partial charge in [0, 0.05) is 10.9 Å². The summed E-state index contributed by atoms with van der Waals surface area (Å²) in [5, 5.41) is 11.2. The van der Waals surface area contributed by atoms with E-state index >= 15 is 0 Å². The molecule has 0 heterocycles. The average molecular weight is 497 g/mol. The summed E-state index contributed by atoms with van der Waals surface area (Å²) in [6.45, 7) is 3.86. The van der Waals surface area contributed by atoms with Crippen molar-refractivity contribution in [2.24, 2.45) is 5.92 Å². The van der Waals surface area contributed by atoms with E-state index in [0.717, 1.165) is 12.8 Å². The average Bonchev–Trinajstić information content (AvgIpc) is 2.89. The molecule has 0 amide bonds. The second-order valence-electron chi connectivity index (χ2n) is 8.39. The summed E-state index contributed by atoms with van der Waals surface area (Å²) in [5.74, 6) is -0.0125. The van der Waals surface area contributed by atoms with Crippen LogP contribution in [-0.2, 0) is 4.79 Å². The standard InChI is InChI=1S/C28H32O8/c1-7-8-9-16(2)28(31)36-22-15-20(27(29)30)26(17-10-11-21(32-3)23(12-17)33-4)19-14-25(35-6)24(34-5)13-18(19)22/h10-16H,7-9H2,1-6H3,(H,29,30). The smallest absolute Gasteiger partial charge is 0.336 e. The van der Waals surface area contributed by atoms with Gasteiger partial charge in [-0.1, -0.05) is 32.8 Å². The Hall–Kier alpha value is -3.94. The quantitative estimate of drug-likeness (QED) is 0.256. The summed E-state index contributed by atoms with van der Waals surface area (Å²) in [7, 11) is 6.03. The molecule has 0 fully saturated rings. The van der Waals surface area contributed by atoms with Crippen molar-refractivity contribution in [3.05, 3.63) is 42.0 Å². The van der Waals surface area contributed by atoms with Gasteiger partial charge < -0.3 is 28.8 Å². The Morgan fingerprint density at radius 3 is 1.94 bits per heavy atom. The highest BCUT2D eigenvalue weighted by Crippen LogP contribution is 2.45. The number of hydrogen-bond acceptors (Lipinski definition) is 7. The Morgan fingerprint density at radius 2 is 1.39 bits per heavy atom. The predicted molar refractivity (Wildman–Crippen MR) is 137 cm³/mol. The van der Waals surface area contributed by atoms with Gasteiger partial charge in [0.2, 0.25) is 0 Å². The van der Waals surface area contributed by atoms with E-state index in [1.807, 2.05) is 0 Å². The second-order valence-corrected chi connectivity index (χ2v) is 8.39. The van der Waals surface area contributed by atoms with Gasteiger partial charge in [-0.25, -0.2) is 4.79 Å². The largest absolute Gasteiger partial charge is 0.493 e. The molecular formula is C28H32O8. The van der Waals surface area contributed by atoms with Crippen LogP contribution in [0.1, 0.15) is 43.5 Å². The van der Waals surface area contributed by atoms with Gasteiger partial charge in [-0.15, -0.1) is 0 Å². The van der Waals surface area contributed by atoms with Gasteiger partial charge in [-0.2, -0.15) is 0 Å². The van der Waals surface area contributed by atoms with Crippen molar-refractivity contribution in [1.29, 1.82) is 0 Å². The number of ether oxygens (including phenoxy) is 5. The monoisotopic (exact) mass is 496 g/mol. The summed E-state index contributed by atoms with van der Waals surface area (Å²) in [6, 6.07) is 9.91. The summed E-state index contributed by atoms with van der Waals surface area (Å²) < 4.78 is 27.5. The van der Waals surface area contributed by atoms with E-state index < -0.39 is 11.9 Å². The summed E-state index contributed by atoms with van der Waals surface area (Å²) in [5.41, 5.74) is 0.959. The lowest BCUT2D eigenvalue weighted by atomic mass is 9.91. The van der Waals surface area contributed by atoms with E-state index in [4.69, 9.17) is 23.7 Å². The number of unbranched alkanes of at least 4 members (excludes halogenated alkanes) is 1. The number of carboxylic acid groups (broad SMARTS) is 1. The van der Waals surface area contributed by atoms with Crippen LogP contribution in [-0.4, -0.2) is 45.5 Å². The zero-order chi connectivity index (χ0) is 26.4. The molecule has 0 saturated heterocycles. The highest BCUT2D eigenvalue weighted by molar-refractivity contribution is 6.11. The molecule has 3 aromatic carbocycles. The SMILES string of the molecule is CCCCC(C)C(=O)Oc1cc(C(=O)O)c(-c2ccc(OC)c(OC)c2)c2cc(OC)c(OC)cc12. The Kier molecular flexibility index (Phi) is 8.64. The molecule has 0 aliphatic rings. The minimum absolute atomic E-state index is 0.0362. The number of methoxy groups -OCH3 is 4. The van der Waals surface area contributed by atoms with Gasteiger partial charge in [-0.05, 0) is 47.7 Å². The first kappa shape index (κ1) is 26.7. The summed E-state index contributed by atoms with van der Waals surface area (Å²) in [4.78, 5) is 25.3. The van der Waals surface area contributed by atoms with Gasteiger partial charge in [0.05, 0.1) is 39.9 Å². The van der Waals surface area contributed by atoms with Gasteiger partial charge >= 0.3 is 11.9 Å². The van der Waals surface area contributed by atoms with Crippen LogP contribution in [0.25, 0.3) is 21.9 Å². The van der Waals surface area contributed by atoms with Crippen LogP contribution < -0.4 is 23.7 Å². The third-order valence-corrected chi connectivity index (χ3v) is 6.11. The van der Waals surface area contributed by atoms with Gasteiger partial charge in [0.15, 0.2) is 23.0 Å². The highest BCUT2D eigenvalue weighted by atomic mass is 16.5. The molecule has 8 nitrogen and oxygen atoms in total. The number of carboxylic acids is 1. The predicted octanol–water partition coefficient (Wildman–Crippen LogP) is 5.97. The fourth-order valence-corrected chi connectivity index (χ4v) is 4.11. The molecule has 36 heavy (non-hydrogen) atoms. The maximum absolute atomic E-state index is 12.9. The first-order chi connectivity index (χ1) is 17.3. The van der Waals surface area contributed by atoms with Crippen molar-refractivity contribution >= 4 is 22.7 Å². The first-order valence-corrected chi connectivity index (χ1v) is 11.7. The molecule has 1 atom stereocenters. The van der Waals surface area contributed by atoms with Crippen molar-refractivity contribution in [3.8, 4) is 39.9 Å². The Morgan fingerprint density at radius 1 is 0.806 bits per heavy atom. The topological polar surface area (TPSA) is 101 Å². The number of hydrogen-bond donors (Lipinski definition) is 1. The third kappa shape index (κ3) is 5.32. The molecule has 0 bridgehead atoms. The van der Waals surface area contributed by atoms with Crippen molar-refractivity contribution in [1.82, 2.24) is 0 Å². The molecule has 8 heteroatoms. The van der Waals surface area contributed by atoms with Crippen LogP contribution in [0, 0.1) is 5.92 Å². The molecule has 192 valence electrons. The molecule has 0 saturated carbocycles. The van der Waals surface area contributed by atoms with Gasteiger partial charge in [0.1, 0.15) is 5.75 Å². The van der Waals surface area contributed by atoms with Crippen molar-refractivity contribution in [2.45, 2.75) is 33.1 Å². The van der Waals surface area contributed by atoms with Crippen LogP contribution in [0.3, 0.4) is 0 Å². The van der Waals surface area contributed by atoms with Crippen molar-refractivity contribution in [3.63, 3.8) is 0 Å². The van der Waals surface area contributed by atoms with Crippen molar-refractivity contribution < 1.29 is 38.4 Å². The Labute approximate surface area is 210 Å². The lowest BCUT2D eigenvalue weighted by molar-refractivity contribution is -0.138. The van der Waals surface area contributed by atoms with E-state index in [1.165, 1.54) is 34.5 Å². The van der Waals surface area contributed by atoms with E-state index in [-0.39, 0.29) is 17.2 Å². The summed E-state index contributed by atoms with van der Waals surface area (Å²) >= 11 is 0. The first-order valence-electron chi connectivity index (χ1n) is 11.7. The van der Waals surface area contributed by atoms with E-state index in [1.54, 1.807) is 37.3 Å². The van der Waals surface area contributed by atoms with Crippen molar-refractivity contribution in [2.75, 3.05) is 28.4 Å². The number of aromatic carboxylic acids is 1. The van der Waals surface area contributed by atoms with Gasteiger partial charge in [0.25, 0.3) is 0 Å². The Bertz CT molecular complexity index is 1260. The maximum Gasteiger partial charge on any atom is 0.336 e. The number of carbonyl (C=O) groups is 2. The minimum Gasteiger partial charge on any atom is -0.493 e. The molecule has 3 rings (SSSR count). The highest BCUT2D eigenvalue weighted by Gasteiger charge is 2.25. The molecule has 3 aromatic rings. The number of carbonyl (C=O) groups excluding carboxylic acids is 1. The van der Waals surface area contributed by atoms with E-state index in [2.05, 4.69) is 6.92 Å². The van der Waals surface area contributed by atoms with E-state index in [9.17, 15) is 14.7 Å². The molecule has 1 N–H and O–H groups in total. The van der Waals surface area contributed by atoms with Crippen LogP contribution in [0.5, 0.6) is 28.7 Å². The fraction of sp³-hybridized carbons (Fsp3) is 0.357.